The van der Waals surface area contributed by atoms with E-state index in [1.807, 2.05) is 30.3 Å². The Hall–Kier alpha value is -3.23. The molecule has 9 nitrogen and oxygen atoms in total. The minimum Gasteiger partial charge on any atom is -0.476 e. The Balaban J connectivity index is 1.43. The van der Waals surface area contributed by atoms with Crippen LogP contribution >= 0.6 is 0 Å². The number of carboxylic acids is 1. The fourth-order valence-corrected chi connectivity index (χ4v) is 3.19. The first kappa shape index (κ1) is 16.2. The van der Waals surface area contributed by atoms with Gasteiger partial charge in [-0.15, -0.1) is 5.10 Å². The van der Waals surface area contributed by atoms with Crippen LogP contribution in [0.1, 0.15) is 23.3 Å². The Bertz CT molecular complexity index is 891. The summed E-state index contributed by atoms with van der Waals surface area (Å²) in [7, 11) is 0. The molecule has 1 atom stereocenters. The molecule has 26 heavy (non-hydrogen) atoms. The van der Waals surface area contributed by atoms with Crippen molar-refractivity contribution in [1.29, 1.82) is 0 Å². The molecule has 2 aromatic heterocycles. The van der Waals surface area contributed by atoms with Crippen LogP contribution in [0.2, 0.25) is 0 Å². The Labute approximate surface area is 149 Å². The molecule has 0 aliphatic carbocycles. The van der Waals surface area contributed by atoms with Gasteiger partial charge in [-0.3, -0.25) is 4.68 Å². The first-order valence-corrected chi connectivity index (χ1v) is 8.46. The summed E-state index contributed by atoms with van der Waals surface area (Å²) in [6, 6.07) is 10.2. The SMILES string of the molecule is O=C(O)c1cn(C[C@H]2CCCN(c3nc(-c4ccccc4)no3)C2)nn1. The van der Waals surface area contributed by atoms with Gasteiger partial charge in [-0.05, 0) is 18.8 Å². The number of hydrogen-bond donors (Lipinski definition) is 1. The number of benzene rings is 1. The fourth-order valence-electron chi connectivity index (χ4n) is 3.19. The highest BCUT2D eigenvalue weighted by atomic mass is 16.5. The Kier molecular flexibility index (Phi) is 4.34. The zero-order valence-corrected chi connectivity index (χ0v) is 14.0. The van der Waals surface area contributed by atoms with Crippen LogP contribution < -0.4 is 4.90 Å². The Morgan fingerprint density at radius 1 is 1.31 bits per heavy atom. The van der Waals surface area contributed by atoms with Crippen molar-refractivity contribution in [1.82, 2.24) is 25.1 Å². The van der Waals surface area contributed by atoms with Crippen LogP contribution in [-0.2, 0) is 6.54 Å². The highest BCUT2D eigenvalue weighted by molar-refractivity contribution is 5.84. The summed E-state index contributed by atoms with van der Waals surface area (Å²) in [6.07, 6.45) is 3.48. The van der Waals surface area contributed by atoms with Crippen molar-refractivity contribution in [2.75, 3.05) is 18.0 Å². The Morgan fingerprint density at radius 3 is 2.92 bits per heavy atom. The number of aromatic nitrogens is 5. The van der Waals surface area contributed by atoms with E-state index in [-0.39, 0.29) is 5.69 Å². The van der Waals surface area contributed by atoms with Crippen molar-refractivity contribution in [2.24, 2.45) is 5.92 Å². The molecule has 0 amide bonds. The summed E-state index contributed by atoms with van der Waals surface area (Å²) in [5.41, 5.74) is 0.877. The van der Waals surface area contributed by atoms with E-state index in [0.717, 1.165) is 31.5 Å². The molecule has 134 valence electrons. The molecular formula is C17H18N6O3. The molecule has 0 bridgehead atoms. The third-order valence-corrected chi connectivity index (χ3v) is 4.44. The number of hydrogen-bond acceptors (Lipinski definition) is 7. The first-order valence-electron chi connectivity index (χ1n) is 8.46. The average Bonchev–Trinajstić information content (AvgIpc) is 3.32. The predicted octanol–water partition coefficient (Wildman–Crippen LogP) is 1.94. The number of carboxylic acid groups (broad SMARTS) is 1. The van der Waals surface area contributed by atoms with Crippen molar-refractivity contribution < 1.29 is 14.4 Å². The van der Waals surface area contributed by atoms with Crippen LogP contribution in [0.15, 0.2) is 41.1 Å². The minimum atomic E-state index is -1.07. The molecule has 1 aliphatic rings. The van der Waals surface area contributed by atoms with Gasteiger partial charge in [0.2, 0.25) is 5.82 Å². The number of anilines is 1. The number of carbonyl (C=O) groups is 1. The standard InChI is InChI=1S/C17H18N6O3/c24-16(25)14-11-23(21-19-14)10-12-5-4-8-22(9-12)17-18-15(20-26-17)13-6-2-1-3-7-13/h1-3,6-7,11-12H,4-5,8-10H2,(H,24,25)/t12-/m0/s1. The van der Waals surface area contributed by atoms with E-state index in [1.165, 1.54) is 6.20 Å². The summed E-state index contributed by atoms with van der Waals surface area (Å²) in [5, 5.41) is 20.6. The van der Waals surface area contributed by atoms with Crippen molar-refractivity contribution >= 4 is 12.0 Å². The summed E-state index contributed by atoms with van der Waals surface area (Å²) < 4.78 is 7.03. The van der Waals surface area contributed by atoms with Gasteiger partial charge in [0.15, 0.2) is 5.69 Å². The second kappa shape index (κ2) is 6.95. The van der Waals surface area contributed by atoms with Gasteiger partial charge in [0.25, 0.3) is 0 Å². The number of aromatic carboxylic acids is 1. The molecule has 1 N–H and O–H groups in total. The molecule has 3 aromatic rings. The van der Waals surface area contributed by atoms with Gasteiger partial charge in [-0.2, -0.15) is 4.98 Å². The lowest BCUT2D eigenvalue weighted by Crippen LogP contribution is -2.37. The van der Waals surface area contributed by atoms with Crippen molar-refractivity contribution in [2.45, 2.75) is 19.4 Å². The van der Waals surface area contributed by atoms with E-state index in [4.69, 9.17) is 9.63 Å². The highest BCUT2D eigenvalue weighted by Gasteiger charge is 2.25. The van der Waals surface area contributed by atoms with E-state index >= 15 is 0 Å². The third kappa shape index (κ3) is 3.41. The van der Waals surface area contributed by atoms with Crippen LogP contribution in [0, 0.1) is 5.92 Å². The molecule has 1 aliphatic heterocycles. The molecule has 1 fully saturated rings. The molecule has 4 rings (SSSR count). The fraction of sp³-hybridized carbons (Fsp3) is 0.353. The number of nitrogens with zero attached hydrogens (tertiary/aromatic N) is 6. The maximum atomic E-state index is 10.9. The summed E-state index contributed by atoms with van der Waals surface area (Å²) in [5.74, 6) is -0.190. The van der Waals surface area contributed by atoms with E-state index in [0.29, 0.717) is 24.3 Å². The normalized spacial score (nSPS) is 17.4. The third-order valence-electron chi connectivity index (χ3n) is 4.44. The van der Waals surface area contributed by atoms with Gasteiger partial charge in [-0.25, -0.2) is 4.79 Å². The zero-order valence-electron chi connectivity index (χ0n) is 14.0. The summed E-state index contributed by atoms with van der Waals surface area (Å²) >= 11 is 0. The lowest BCUT2D eigenvalue weighted by atomic mass is 9.98. The van der Waals surface area contributed by atoms with Crippen molar-refractivity contribution in [3.8, 4) is 11.4 Å². The molecule has 1 saturated heterocycles. The summed E-state index contributed by atoms with van der Waals surface area (Å²) in [6.45, 7) is 2.21. The monoisotopic (exact) mass is 354 g/mol. The largest absolute Gasteiger partial charge is 0.476 e. The van der Waals surface area contributed by atoms with E-state index < -0.39 is 5.97 Å². The van der Waals surface area contributed by atoms with Gasteiger partial charge in [0.1, 0.15) is 0 Å². The van der Waals surface area contributed by atoms with Crippen LogP contribution in [0.5, 0.6) is 0 Å². The second-order valence-electron chi connectivity index (χ2n) is 6.35. The molecule has 0 radical (unpaired) electrons. The molecule has 0 spiro atoms. The Morgan fingerprint density at radius 2 is 2.15 bits per heavy atom. The van der Waals surface area contributed by atoms with E-state index in [2.05, 4.69) is 25.4 Å². The average molecular weight is 354 g/mol. The zero-order chi connectivity index (χ0) is 17.9. The maximum absolute atomic E-state index is 10.9. The first-order chi connectivity index (χ1) is 12.7. The quantitative estimate of drug-likeness (QED) is 0.740. The molecule has 3 heterocycles. The topological polar surface area (TPSA) is 110 Å². The van der Waals surface area contributed by atoms with Crippen LogP contribution in [0.4, 0.5) is 6.01 Å². The lowest BCUT2D eigenvalue weighted by Gasteiger charge is -2.30. The minimum absolute atomic E-state index is 0.0398. The predicted molar refractivity (Wildman–Crippen MR) is 91.7 cm³/mol. The van der Waals surface area contributed by atoms with Crippen LogP contribution in [-0.4, -0.2) is 49.3 Å². The molecule has 0 unspecified atom stereocenters. The van der Waals surface area contributed by atoms with Gasteiger partial charge in [0, 0.05) is 25.2 Å². The van der Waals surface area contributed by atoms with Gasteiger partial charge >= 0.3 is 12.0 Å². The van der Waals surface area contributed by atoms with E-state index in [9.17, 15) is 4.79 Å². The number of rotatable bonds is 5. The van der Waals surface area contributed by atoms with Crippen molar-refractivity contribution in [3.63, 3.8) is 0 Å². The van der Waals surface area contributed by atoms with E-state index in [1.54, 1.807) is 4.68 Å². The van der Waals surface area contributed by atoms with Gasteiger partial charge in [-0.1, -0.05) is 40.7 Å². The molecular weight excluding hydrogens is 336 g/mol. The van der Waals surface area contributed by atoms with Crippen LogP contribution in [0.25, 0.3) is 11.4 Å². The molecule has 1 aromatic carbocycles. The second-order valence-corrected chi connectivity index (χ2v) is 6.35. The molecule has 9 heteroatoms. The summed E-state index contributed by atoms with van der Waals surface area (Å²) in [4.78, 5) is 17.5. The highest BCUT2D eigenvalue weighted by Crippen LogP contribution is 2.25. The van der Waals surface area contributed by atoms with Gasteiger partial charge in [0.05, 0.1) is 6.20 Å². The lowest BCUT2D eigenvalue weighted by molar-refractivity contribution is 0.0690. The maximum Gasteiger partial charge on any atom is 0.358 e. The van der Waals surface area contributed by atoms with Gasteiger partial charge < -0.3 is 14.5 Å². The molecule has 0 saturated carbocycles. The smallest absolute Gasteiger partial charge is 0.358 e. The number of piperidine rings is 1. The van der Waals surface area contributed by atoms with Crippen LogP contribution in [0.3, 0.4) is 0 Å². The van der Waals surface area contributed by atoms with Crippen molar-refractivity contribution in [3.05, 3.63) is 42.2 Å².